The Hall–Kier alpha value is -1.17. The minimum absolute atomic E-state index is 0. The Morgan fingerprint density at radius 1 is 0.955 bits per heavy atom. The summed E-state index contributed by atoms with van der Waals surface area (Å²) in [6, 6.07) is 14.8. The zero-order valence-corrected chi connectivity index (χ0v) is 15.1. The van der Waals surface area contributed by atoms with E-state index in [0.717, 1.165) is 21.5 Å². The van der Waals surface area contributed by atoms with Crippen LogP contribution in [0.25, 0.3) is 21.5 Å². The molecule has 3 aromatic carbocycles. The third-order valence-corrected chi connectivity index (χ3v) is 4.53. The maximum Gasteiger partial charge on any atom is 1.00 e. The summed E-state index contributed by atoms with van der Waals surface area (Å²) in [7, 11) is -4.50. The van der Waals surface area contributed by atoms with E-state index < -0.39 is 10.1 Å². The molecule has 0 heterocycles. The van der Waals surface area contributed by atoms with Crippen LogP contribution >= 0.6 is 0 Å². The molecule has 3 rings (SSSR count). The fourth-order valence-electron chi connectivity index (χ4n) is 2.72. The molecule has 0 fully saturated rings. The van der Waals surface area contributed by atoms with Crippen molar-refractivity contribution in [2.24, 2.45) is 0 Å². The average molecular weight is 320 g/mol. The summed E-state index contributed by atoms with van der Waals surface area (Å²) in [4.78, 5) is -0.162. The normalized spacial score (nSPS) is 11.3. The van der Waals surface area contributed by atoms with Gasteiger partial charge in [-0.1, -0.05) is 48.5 Å². The summed E-state index contributed by atoms with van der Waals surface area (Å²) < 4.78 is 34.3. The third-order valence-electron chi connectivity index (χ3n) is 3.61. The molecule has 0 radical (unpaired) electrons. The van der Waals surface area contributed by atoms with Gasteiger partial charge in [0.1, 0.15) is 10.1 Å². The molecule has 22 heavy (non-hydrogen) atoms. The first-order valence-electron chi connectivity index (χ1n) is 6.52. The van der Waals surface area contributed by atoms with Crippen LogP contribution in [0.5, 0.6) is 0 Å². The molecule has 0 saturated carbocycles. The molecular formula is C17H13NaO3S. The van der Waals surface area contributed by atoms with Gasteiger partial charge < -0.3 is 4.55 Å². The average Bonchev–Trinajstić information content (AvgIpc) is 2.46. The summed E-state index contributed by atoms with van der Waals surface area (Å²) in [6.07, 6.45) is 1.95. The largest absolute Gasteiger partial charge is 1.00 e. The minimum Gasteiger partial charge on any atom is -0.744 e. The number of rotatable bonds is 3. The molecule has 0 amide bonds. The standard InChI is InChI=1S/C17H14O3S.Na/c1-2-5-16-15-9-8-12-6-3-4-7-13(12)14(15)10-11-17(16)21(18,19)20;/h2-4,6-11H,1,5H2,(H,18,19,20);/q;+1/p-1. The van der Waals surface area contributed by atoms with E-state index in [2.05, 4.69) is 6.58 Å². The maximum atomic E-state index is 11.4. The van der Waals surface area contributed by atoms with E-state index in [1.54, 1.807) is 12.1 Å². The molecule has 0 aliphatic rings. The van der Waals surface area contributed by atoms with E-state index in [0.29, 0.717) is 12.0 Å². The fourth-order valence-corrected chi connectivity index (χ4v) is 3.45. The molecule has 5 heteroatoms. The molecule has 0 N–H and O–H groups in total. The van der Waals surface area contributed by atoms with E-state index in [4.69, 9.17) is 0 Å². The Morgan fingerprint density at radius 3 is 2.32 bits per heavy atom. The van der Waals surface area contributed by atoms with Gasteiger partial charge in [-0.15, -0.1) is 6.58 Å². The monoisotopic (exact) mass is 320 g/mol. The molecule has 0 spiro atoms. The van der Waals surface area contributed by atoms with Crippen LogP contribution in [-0.4, -0.2) is 13.0 Å². The van der Waals surface area contributed by atoms with Crippen LogP contribution in [0, 0.1) is 0 Å². The Balaban J connectivity index is 0.00000176. The second kappa shape index (κ2) is 6.52. The number of allylic oxidation sites excluding steroid dienone is 1. The van der Waals surface area contributed by atoms with Crippen LogP contribution in [0.15, 0.2) is 66.1 Å². The second-order valence-electron chi connectivity index (χ2n) is 4.87. The van der Waals surface area contributed by atoms with Crippen molar-refractivity contribution in [3.05, 3.63) is 66.7 Å². The summed E-state index contributed by atoms with van der Waals surface area (Å²) in [5.74, 6) is 0. The van der Waals surface area contributed by atoms with Gasteiger partial charge in [0, 0.05) is 0 Å². The van der Waals surface area contributed by atoms with Crippen LogP contribution in [0.4, 0.5) is 0 Å². The van der Waals surface area contributed by atoms with Gasteiger partial charge in [-0.25, -0.2) is 8.42 Å². The predicted molar refractivity (Wildman–Crippen MR) is 83.3 cm³/mol. The van der Waals surface area contributed by atoms with Crippen molar-refractivity contribution < 1.29 is 42.5 Å². The van der Waals surface area contributed by atoms with Gasteiger partial charge in [0.25, 0.3) is 0 Å². The fraction of sp³-hybridized carbons (Fsp3) is 0.0588. The molecule has 3 aromatic rings. The van der Waals surface area contributed by atoms with Gasteiger partial charge in [-0.05, 0) is 39.6 Å². The third kappa shape index (κ3) is 2.98. The number of benzene rings is 3. The maximum absolute atomic E-state index is 11.4. The SMILES string of the molecule is C=CCc1c(S(=O)(=O)[O-])ccc2c1ccc1ccccc12.[Na+]. The quantitative estimate of drug-likeness (QED) is 0.308. The molecule has 0 atom stereocenters. The molecule has 0 bridgehead atoms. The van der Waals surface area contributed by atoms with Gasteiger partial charge in [0.15, 0.2) is 0 Å². The summed E-state index contributed by atoms with van der Waals surface area (Å²) in [5, 5.41) is 3.84. The van der Waals surface area contributed by atoms with E-state index in [1.807, 2.05) is 36.4 Å². The predicted octanol–water partition coefficient (Wildman–Crippen LogP) is 0.630. The number of hydrogen-bond acceptors (Lipinski definition) is 3. The van der Waals surface area contributed by atoms with Gasteiger partial charge in [0.2, 0.25) is 0 Å². The first-order valence-corrected chi connectivity index (χ1v) is 7.93. The molecule has 0 aromatic heterocycles. The topological polar surface area (TPSA) is 57.2 Å². The Morgan fingerprint density at radius 2 is 1.64 bits per heavy atom. The first kappa shape index (κ1) is 17.2. The van der Waals surface area contributed by atoms with Crippen molar-refractivity contribution in [2.75, 3.05) is 0 Å². The van der Waals surface area contributed by atoms with E-state index in [-0.39, 0.29) is 34.5 Å². The zero-order chi connectivity index (χ0) is 15.0. The zero-order valence-electron chi connectivity index (χ0n) is 12.2. The van der Waals surface area contributed by atoms with Crippen molar-refractivity contribution in [1.82, 2.24) is 0 Å². The van der Waals surface area contributed by atoms with Gasteiger partial charge in [-0.2, -0.15) is 0 Å². The van der Waals surface area contributed by atoms with Crippen LogP contribution < -0.4 is 29.6 Å². The van der Waals surface area contributed by atoms with Gasteiger partial charge in [0.05, 0.1) is 4.90 Å². The van der Waals surface area contributed by atoms with Gasteiger partial charge >= 0.3 is 29.6 Å². The molecular weight excluding hydrogens is 307 g/mol. The van der Waals surface area contributed by atoms with E-state index >= 15 is 0 Å². The van der Waals surface area contributed by atoms with E-state index in [9.17, 15) is 13.0 Å². The molecule has 0 unspecified atom stereocenters. The molecule has 106 valence electrons. The summed E-state index contributed by atoms with van der Waals surface area (Å²) >= 11 is 0. The van der Waals surface area contributed by atoms with Crippen molar-refractivity contribution in [2.45, 2.75) is 11.3 Å². The molecule has 0 aliphatic carbocycles. The Bertz CT molecular complexity index is 962. The molecule has 3 nitrogen and oxygen atoms in total. The second-order valence-corrected chi connectivity index (χ2v) is 6.22. The Labute approximate surface area is 151 Å². The van der Waals surface area contributed by atoms with Crippen molar-refractivity contribution in [3.63, 3.8) is 0 Å². The van der Waals surface area contributed by atoms with Crippen LogP contribution in [0.3, 0.4) is 0 Å². The smallest absolute Gasteiger partial charge is 0.744 e. The number of hydrogen-bond donors (Lipinski definition) is 0. The van der Waals surface area contributed by atoms with Crippen molar-refractivity contribution in [1.29, 1.82) is 0 Å². The van der Waals surface area contributed by atoms with Crippen LogP contribution in [-0.2, 0) is 16.5 Å². The molecule has 0 saturated heterocycles. The van der Waals surface area contributed by atoms with Gasteiger partial charge in [-0.3, -0.25) is 0 Å². The van der Waals surface area contributed by atoms with Crippen LogP contribution in [0.1, 0.15) is 5.56 Å². The first-order chi connectivity index (χ1) is 10.0. The van der Waals surface area contributed by atoms with Crippen LogP contribution in [0.2, 0.25) is 0 Å². The summed E-state index contributed by atoms with van der Waals surface area (Å²) in [6.45, 7) is 3.65. The minimum atomic E-state index is -4.50. The van der Waals surface area contributed by atoms with E-state index in [1.165, 1.54) is 6.07 Å². The van der Waals surface area contributed by atoms with Crippen molar-refractivity contribution in [3.8, 4) is 0 Å². The molecule has 0 aliphatic heterocycles. The van der Waals surface area contributed by atoms with Crippen molar-refractivity contribution >= 4 is 31.7 Å². The summed E-state index contributed by atoms with van der Waals surface area (Å²) in [5.41, 5.74) is 0.517. The Kier molecular flexibility index (Phi) is 5.10. The number of fused-ring (bicyclic) bond motifs is 3.